The Bertz CT molecular complexity index is 666. The van der Waals surface area contributed by atoms with Crippen LogP contribution in [-0.2, 0) is 10.0 Å². The SMILES string of the molecule is Cc1ccc(S(N)(=O)=O)cc1NC(C)c1cncs1. The van der Waals surface area contributed by atoms with E-state index in [1.54, 1.807) is 35.2 Å². The molecule has 3 N–H and O–H groups in total. The van der Waals surface area contributed by atoms with Gasteiger partial charge in [-0.1, -0.05) is 6.07 Å². The van der Waals surface area contributed by atoms with Crippen molar-refractivity contribution in [3.05, 3.63) is 40.3 Å². The van der Waals surface area contributed by atoms with E-state index in [1.807, 2.05) is 13.8 Å². The molecule has 1 aromatic carbocycles. The predicted molar refractivity (Wildman–Crippen MR) is 76.7 cm³/mol. The van der Waals surface area contributed by atoms with Crippen molar-refractivity contribution < 1.29 is 8.42 Å². The molecular formula is C12H15N3O2S2. The highest BCUT2D eigenvalue weighted by Gasteiger charge is 2.12. The molecule has 102 valence electrons. The lowest BCUT2D eigenvalue weighted by Gasteiger charge is -2.16. The first-order valence-corrected chi connectivity index (χ1v) is 8.09. The molecule has 1 heterocycles. The molecule has 0 amide bonds. The van der Waals surface area contributed by atoms with Crippen molar-refractivity contribution in [2.24, 2.45) is 5.14 Å². The predicted octanol–water partition coefficient (Wildman–Crippen LogP) is 2.27. The number of nitrogens with one attached hydrogen (secondary N) is 1. The van der Waals surface area contributed by atoms with Gasteiger partial charge in [0, 0.05) is 16.8 Å². The Morgan fingerprint density at radius 3 is 2.74 bits per heavy atom. The molecule has 0 fully saturated rings. The molecule has 0 saturated carbocycles. The molecule has 0 radical (unpaired) electrons. The monoisotopic (exact) mass is 297 g/mol. The van der Waals surface area contributed by atoms with Crippen molar-refractivity contribution in [2.45, 2.75) is 24.8 Å². The minimum absolute atomic E-state index is 0.0573. The molecule has 1 unspecified atom stereocenters. The summed E-state index contributed by atoms with van der Waals surface area (Å²) < 4.78 is 22.7. The van der Waals surface area contributed by atoms with Crippen LogP contribution in [0.5, 0.6) is 0 Å². The van der Waals surface area contributed by atoms with Gasteiger partial charge in [-0.15, -0.1) is 11.3 Å². The number of nitrogens with two attached hydrogens (primary N) is 1. The highest BCUT2D eigenvalue weighted by molar-refractivity contribution is 7.89. The van der Waals surface area contributed by atoms with Crippen LogP contribution in [0.2, 0.25) is 0 Å². The van der Waals surface area contributed by atoms with E-state index in [-0.39, 0.29) is 10.9 Å². The molecule has 0 saturated heterocycles. The summed E-state index contributed by atoms with van der Waals surface area (Å²) in [4.78, 5) is 5.22. The van der Waals surface area contributed by atoms with Gasteiger partial charge < -0.3 is 5.32 Å². The van der Waals surface area contributed by atoms with Gasteiger partial charge >= 0.3 is 0 Å². The summed E-state index contributed by atoms with van der Waals surface area (Å²) in [5.41, 5.74) is 3.48. The van der Waals surface area contributed by atoms with Gasteiger partial charge in [-0.2, -0.15) is 0 Å². The summed E-state index contributed by atoms with van der Waals surface area (Å²) in [6, 6.07) is 4.86. The fourth-order valence-corrected chi connectivity index (χ4v) is 2.85. The number of thiazole rings is 1. The summed E-state index contributed by atoms with van der Waals surface area (Å²) in [6.45, 7) is 3.91. The zero-order chi connectivity index (χ0) is 14.0. The number of sulfonamides is 1. The zero-order valence-electron chi connectivity index (χ0n) is 10.6. The molecule has 1 aromatic heterocycles. The maximum atomic E-state index is 11.4. The number of hydrogen-bond donors (Lipinski definition) is 2. The molecule has 1 atom stereocenters. The van der Waals surface area contributed by atoms with Crippen LogP contribution in [0, 0.1) is 6.92 Å². The third-order valence-corrected chi connectivity index (χ3v) is 4.66. The average Bonchev–Trinajstić information content (AvgIpc) is 2.84. The van der Waals surface area contributed by atoms with E-state index in [2.05, 4.69) is 10.3 Å². The van der Waals surface area contributed by atoms with E-state index in [9.17, 15) is 8.42 Å². The second kappa shape index (κ2) is 5.28. The summed E-state index contributed by atoms with van der Waals surface area (Å²) >= 11 is 1.55. The number of anilines is 1. The molecule has 7 heteroatoms. The number of aromatic nitrogens is 1. The molecule has 2 rings (SSSR count). The lowest BCUT2D eigenvalue weighted by atomic mass is 10.2. The Labute approximate surface area is 116 Å². The summed E-state index contributed by atoms with van der Waals surface area (Å²) in [7, 11) is -3.68. The topological polar surface area (TPSA) is 85.1 Å². The van der Waals surface area contributed by atoms with Gasteiger partial charge in [0.2, 0.25) is 10.0 Å². The number of aryl methyl sites for hydroxylation is 1. The van der Waals surface area contributed by atoms with Crippen molar-refractivity contribution in [3.8, 4) is 0 Å². The fourth-order valence-electron chi connectivity index (χ4n) is 1.68. The van der Waals surface area contributed by atoms with Crippen molar-refractivity contribution in [2.75, 3.05) is 5.32 Å². The van der Waals surface area contributed by atoms with Gasteiger partial charge in [-0.05, 0) is 31.5 Å². The highest BCUT2D eigenvalue weighted by Crippen LogP contribution is 2.26. The third-order valence-electron chi connectivity index (χ3n) is 2.79. The Balaban J connectivity index is 2.30. The first-order valence-electron chi connectivity index (χ1n) is 5.66. The van der Waals surface area contributed by atoms with Crippen LogP contribution in [-0.4, -0.2) is 13.4 Å². The lowest BCUT2D eigenvalue weighted by Crippen LogP contribution is -2.13. The standard InChI is InChI=1S/C12H15N3O2S2/c1-8-3-4-10(19(13,16)17)5-11(8)15-9(2)12-6-14-7-18-12/h3-7,9,15H,1-2H3,(H2,13,16,17). The van der Waals surface area contributed by atoms with Gasteiger partial charge in [-0.3, -0.25) is 4.98 Å². The van der Waals surface area contributed by atoms with Crippen LogP contribution in [0.3, 0.4) is 0 Å². The van der Waals surface area contributed by atoms with E-state index in [1.165, 1.54) is 6.07 Å². The van der Waals surface area contributed by atoms with Crippen molar-refractivity contribution in [1.29, 1.82) is 0 Å². The van der Waals surface area contributed by atoms with Crippen LogP contribution in [0.25, 0.3) is 0 Å². The van der Waals surface area contributed by atoms with E-state index in [0.29, 0.717) is 0 Å². The van der Waals surface area contributed by atoms with Crippen molar-refractivity contribution >= 4 is 27.0 Å². The van der Waals surface area contributed by atoms with Crippen LogP contribution < -0.4 is 10.5 Å². The van der Waals surface area contributed by atoms with Crippen molar-refractivity contribution in [3.63, 3.8) is 0 Å². The van der Waals surface area contributed by atoms with Gasteiger partial charge in [0.15, 0.2) is 0 Å². The number of benzene rings is 1. The van der Waals surface area contributed by atoms with Gasteiger partial charge in [0.05, 0.1) is 16.4 Å². The highest BCUT2D eigenvalue weighted by atomic mass is 32.2. The molecule has 19 heavy (non-hydrogen) atoms. The first-order chi connectivity index (χ1) is 8.88. The Hall–Kier alpha value is -1.44. The Morgan fingerprint density at radius 1 is 1.42 bits per heavy atom. The van der Waals surface area contributed by atoms with Gasteiger partial charge in [0.1, 0.15) is 0 Å². The van der Waals surface area contributed by atoms with Crippen LogP contribution in [0.15, 0.2) is 34.8 Å². The molecule has 0 aliphatic rings. The Kier molecular flexibility index (Phi) is 3.88. The second-order valence-electron chi connectivity index (χ2n) is 4.29. The third kappa shape index (κ3) is 3.31. The van der Waals surface area contributed by atoms with Crippen molar-refractivity contribution in [1.82, 2.24) is 4.98 Å². The minimum Gasteiger partial charge on any atom is -0.377 e. The summed E-state index contributed by atoms with van der Waals surface area (Å²) in [5, 5.41) is 8.41. The molecule has 5 nitrogen and oxygen atoms in total. The van der Waals surface area contributed by atoms with Gasteiger partial charge in [-0.25, -0.2) is 13.6 Å². The summed E-state index contributed by atoms with van der Waals surface area (Å²) in [5.74, 6) is 0. The molecule has 0 aliphatic heterocycles. The molecule has 0 aliphatic carbocycles. The van der Waals surface area contributed by atoms with E-state index >= 15 is 0 Å². The summed E-state index contributed by atoms with van der Waals surface area (Å²) in [6.07, 6.45) is 1.79. The maximum absolute atomic E-state index is 11.4. The minimum atomic E-state index is -3.68. The molecular weight excluding hydrogens is 282 g/mol. The van der Waals surface area contributed by atoms with Crippen LogP contribution in [0.4, 0.5) is 5.69 Å². The fraction of sp³-hybridized carbons (Fsp3) is 0.250. The maximum Gasteiger partial charge on any atom is 0.238 e. The van der Waals surface area contributed by atoms with Crippen LogP contribution in [0.1, 0.15) is 23.4 Å². The lowest BCUT2D eigenvalue weighted by molar-refractivity contribution is 0.598. The van der Waals surface area contributed by atoms with E-state index < -0.39 is 10.0 Å². The second-order valence-corrected chi connectivity index (χ2v) is 6.77. The number of rotatable bonds is 4. The Morgan fingerprint density at radius 2 is 2.16 bits per heavy atom. The number of primary sulfonamides is 1. The molecule has 0 bridgehead atoms. The largest absolute Gasteiger partial charge is 0.377 e. The smallest absolute Gasteiger partial charge is 0.238 e. The van der Waals surface area contributed by atoms with Gasteiger partial charge in [0.25, 0.3) is 0 Å². The van der Waals surface area contributed by atoms with E-state index in [0.717, 1.165) is 16.1 Å². The quantitative estimate of drug-likeness (QED) is 0.906. The number of hydrogen-bond acceptors (Lipinski definition) is 5. The molecule has 0 spiro atoms. The molecule has 2 aromatic rings. The first kappa shape index (κ1) is 14.0. The van der Waals surface area contributed by atoms with E-state index in [4.69, 9.17) is 5.14 Å². The number of nitrogens with zero attached hydrogens (tertiary/aromatic N) is 1. The zero-order valence-corrected chi connectivity index (χ0v) is 12.3. The normalized spacial score (nSPS) is 13.2. The average molecular weight is 297 g/mol. The van der Waals surface area contributed by atoms with Crippen LogP contribution >= 0.6 is 11.3 Å².